The second kappa shape index (κ2) is 7.62. The largest absolute Gasteiger partial charge is 0.346 e. The molecule has 0 unspecified atom stereocenters. The van der Waals surface area contributed by atoms with Gasteiger partial charge in [0.1, 0.15) is 10.8 Å². The molecule has 2 N–H and O–H groups in total. The van der Waals surface area contributed by atoms with Gasteiger partial charge in [0.05, 0.1) is 29.2 Å². The Morgan fingerprint density at radius 2 is 2.04 bits per heavy atom. The third kappa shape index (κ3) is 3.94. The highest BCUT2D eigenvalue weighted by Gasteiger charge is 2.22. The molecule has 0 aliphatic heterocycles. The molecule has 0 aliphatic carbocycles. The number of benzene rings is 1. The number of amides is 1. The van der Waals surface area contributed by atoms with Crippen LogP contribution in [0.3, 0.4) is 0 Å². The van der Waals surface area contributed by atoms with E-state index in [9.17, 15) is 4.79 Å². The molecule has 1 atom stereocenters. The maximum atomic E-state index is 12.6. The number of imidazole rings is 1. The first kappa shape index (κ1) is 17.9. The number of hydrogen-bond acceptors (Lipinski definition) is 5. The number of nitrogens with zero attached hydrogens (tertiary/aromatic N) is 2. The van der Waals surface area contributed by atoms with Crippen molar-refractivity contribution in [3.8, 4) is 10.6 Å². The van der Waals surface area contributed by atoms with Crippen molar-refractivity contribution in [3.05, 3.63) is 58.0 Å². The fourth-order valence-corrected chi connectivity index (χ4v) is 4.50. The zero-order valence-corrected chi connectivity index (χ0v) is 16.7. The Morgan fingerprint density at radius 3 is 2.78 bits per heavy atom. The average molecular weight is 397 g/mol. The topological polar surface area (TPSA) is 70.7 Å². The Kier molecular flexibility index (Phi) is 5.05. The Hall–Kier alpha value is -2.51. The fourth-order valence-electron chi connectivity index (χ4n) is 2.97. The summed E-state index contributed by atoms with van der Waals surface area (Å²) in [5.74, 6) is 0.958. The van der Waals surface area contributed by atoms with Crippen LogP contribution in [0.25, 0.3) is 21.6 Å². The van der Waals surface area contributed by atoms with Crippen molar-refractivity contribution in [2.24, 2.45) is 5.92 Å². The van der Waals surface area contributed by atoms with E-state index >= 15 is 0 Å². The van der Waals surface area contributed by atoms with Crippen molar-refractivity contribution in [1.82, 2.24) is 20.3 Å². The lowest BCUT2D eigenvalue weighted by atomic mass is 10.0. The molecule has 7 heteroatoms. The van der Waals surface area contributed by atoms with E-state index in [0.717, 1.165) is 33.1 Å². The van der Waals surface area contributed by atoms with Gasteiger partial charge < -0.3 is 10.3 Å². The molecule has 3 aromatic heterocycles. The number of carbonyl (C=O) groups is 1. The molecule has 0 saturated carbocycles. The quantitative estimate of drug-likeness (QED) is 0.492. The van der Waals surface area contributed by atoms with Gasteiger partial charge in [-0.3, -0.25) is 4.79 Å². The summed E-state index contributed by atoms with van der Waals surface area (Å²) >= 11 is 3.22. The highest BCUT2D eigenvalue weighted by molar-refractivity contribution is 7.14. The molecule has 1 amide bonds. The first-order valence-electron chi connectivity index (χ1n) is 8.81. The van der Waals surface area contributed by atoms with Crippen LogP contribution in [0.5, 0.6) is 0 Å². The van der Waals surface area contributed by atoms with Crippen LogP contribution in [0.4, 0.5) is 0 Å². The SMILES string of the molecule is CC(C)[C@@H](NC(=O)Cc1csc(-c2ccsc2)n1)c1nc2ccccc2[nH]1. The molecule has 0 bridgehead atoms. The van der Waals surface area contributed by atoms with E-state index in [1.54, 1.807) is 22.7 Å². The summed E-state index contributed by atoms with van der Waals surface area (Å²) < 4.78 is 0. The van der Waals surface area contributed by atoms with Gasteiger partial charge in [0.15, 0.2) is 0 Å². The number of thiophene rings is 1. The van der Waals surface area contributed by atoms with Gasteiger partial charge in [-0.2, -0.15) is 11.3 Å². The van der Waals surface area contributed by atoms with Gasteiger partial charge in [-0.15, -0.1) is 11.3 Å². The molecular weight excluding hydrogens is 376 g/mol. The number of para-hydroxylation sites is 2. The summed E-state index contributed by atoms with van der Waals surface area (Å²) in [7, 11) is 0. The molecule has 27 heavy (non-hydrogen) atoms. The van der Waals surface area contributed by atoms with Crippen molar-refractivity contribution < 1.29 is 4.79 Å². The Morgan fingerprint density at radius 1 is 1.19 bits per heavy atom. The number of fused-ring (bicyclic) bond motifs is 1. The highest BCUT2D eigenvalue weighted by Crippen LogP contribution is 2.26. The van der Waals surface area contributed by atoms with Gasteiger partial charge in [0.2, 0.25) is 5.91 Å². The molecule has 0 spiro atoms. The van der Waals surface area contributed by atoms with Crippen molar-refractivity contribution in [2.75, 3.05) is 0 Å². The second-order valence-corrected chi connectivity index (χ2v) is 8.40. The predicted octanol–water partition coefficient (Wildman–Crippen LogP) is 4.80. The minimum Gasteiger partial charge on any atom is -0.346 e. The summed E-state index contributed by atoms with van der Waals surface area (Å²) in [5.41, 5.74) is 3.80. The molecule has 4 rings (SSSR count). The van der Waals surface area contributed by atoms with Crippen LogP contribution in [-0.2, 0) is 11.2 Å². The molecule has 0 fully saturated rings. The maximum Gasteiger partial charge on any atom is 0.226 e. The number of rotatable bonds is 6. The van der Waals surface area contributed by atoms with E-state index in [0.29, 0.717) is 0 Å². The van der Waals surface area contributed by atoms with Crippen molar-refractivity contribution in [3.63, 3.8) is 0 Å². The van der Waals surface area contributed by atoms with Crippen LogP contribution < -0.4 is 5.32 Å². The third-order valence-corrected chi connectivity index (χ3v) is 5.97. The highest BCUT2D eigenvalue weighted by atomic mass is 32.1. The number of nitrogens with one attached hydrogen (secondary N) is 2. The number of hydrogen-bond donors (Lipinski definition) is 2. The van der Waals surface area contributed by atoms with Gasteiger partial charge in [-0.1, -0.05) is 26.0 Å². The summed E-state index contributed by atoms with van der Waals surface area (Å²) in [6.45, 7) is 4.16. The summed E-state index contributed by atoms with van der Waals surface area (Å²) in [5, 5.41) is 10.1. The van der Waals surface area contributed by atoms with Crippen LogP contribution in [-0.4, -0.2) is 20.9 Å². The summed E-state index contributed by atoms with van der Waals surface area (Å²) in [4.78, 5) is 25.2. The fraction of sp³-hybridized carbons (Fsp3) is 0.250. The lowest BCUT2D eigenvalue weighted by Crippen LogP contribution is -2.33. The van der Waals surface area contributed by atoms with Crippen LogP contribution in [0.2, 0.25) is 0 Å². The van der Waals surface area contributed by atoms with E-state index in [-0.39, 0.29) is 24.3 Å². The van der Waals surface area contributed by atoms with E-state index in [1.807, 2.05) is 41.1 Å². The first-order chi connectivity index (χ1) is 13.1. The predicted molar refractivity (Wildman–Crippen MR) is 111 cm³/mol. The number of thiazole rings is 1. The number of carbonyl (C=O) groups excluding carboxylic acids is 1. The van der Waals surface area contributed by atoms with E-state index in [4.69, 9.17) is 0 Å². The number of H-pyrrole nitrogens is 1. The Balaban J connectivity index is 1.48. The van der Waals surface area contributed by atoms with Crippen LogP contribution in [0.1, 0.15) is 31.4 Å². The minimum atomic E-state index is -0.167. The van der Waals surface area contributed by atoms with Crippen molar-refractivity contribution >= 4 is 39.6 Å². The molecule has 1 aromatic carbocycles. The normalized spacial score (nSPS) is 12.6. The first-order valence-corrected chi connectivity index (χ1v) is 10.6. The lowest BCUT2D eigenvalue weighted by molar-refractivity contribution is -0.121. The average Bonchev–Trinajstić information content (AvgIpc) is 3.38. The zero-order chi connectivity index (χ0) is 18.8. The molecular formula is C20H20N4OS2. The van der Waals surface area contributed by atoms with E-state index < -0.39 is 0 Å². The van der Waals surface area contributed by atoms with Crippen molar-refractivity contribution in [1.29, 1.82) is 0 Å². The maximum absolute atomic E-state index is 12.6. The lowest BCUT2D eigenvalue weighted by Gasteiger charge is -2.20. The van der Waals surface area contributed by atoms with Crippen LogP contribution in [0, 0.1) is 5.92 Å². The van der Waals surface area contributed by atoms with E-state index in [1.165, 1.54) is 0 Å². The van der Waals surface area contributed by atoms with E-state index in [2.05, 4.69) is 39.5 Å². The number of aromatic nitrogens is 3. The van der Waals surface area contributed by atoms with Crippen molar-refractivity contribution in [2.45, 2.75) is 26.3 Å². The Bertz CT molecular complexity index is 1020. The minimum absolute atomic E-state index is 0.0451. The van der Waals surface area contributed by atoms with Gasteiger partial charge in [-0.05, 0) is 29.5 Å². The smallest absolute Gasteiger partial charge is 0.226 e. The summed E-state index contributed by atoms with van der Waals surface area (Å²) in [6, 6.07) is 9.77. The molecule has 3 heterocycles. The van der Waals surface area contributed by atoms with Crippen LogP contribution in [0.15, 0.2) is 46.5 Å². The second-order valence-electron chi connectivity index (χ2n) is 6.76. The van der Waals surface area contributed by atoms with Crippen LogP contribution >= 0.6 is 22.7 Å². The standard InChI is InChI=1S/C20H20N4OS2/c1-12(2)18(19-22-15-5-3-4-6-16(15)23-19)24-17(25)9-14-11-27-20(21-14)13-7-8-26-10-13/h3-8,10-12,18H,9H2,1-2H3,(H,22,23)(H,24,25)/t18-/m1/s1. The molecule has 5 nitrogen and oxygen atoms in total. The molecule has 0 saturated heterocycles. The Labute approximate surface area is 165 Å². The zero-order valence-electron chi connectivity index (χ0n) is 15.1. The molecule has 0 aliphatic rings. The third-order valence-electron chi connectivity index (χ3n) is 4.35. The molecule has 4 aromatic rings. The molecule has 0 radical (unpaired) electrons. The van der Waals surface area contributed by atoms with Gasteiger partial charge >= 0.3 is 0 Å². The number of aromatic amines is 1. The van der Waals surface area contributed by atoms with Gasteiger partial charge in [-0.25, -0.2) is 9.97 Å². The van der Waals surface area contributed by atoms with Gasteiger partial charge in [0, 0.05) is 16.3 Å². The summed E-state index contributed by atoms with van der Waals surface area (Å²) in [6.07, 6.45) is 0.268. The monoisotopic (exact) mass is 396 g/mol. The molecule has 138 valence electrons. The van der Waals surface area contributed by atoms with Gasteiger partial charge in [0.25, 0.3) is 0 Å².